The first-order chi connectivity index (χ1) is 16.7. The molecule has 2 N–H and O–H groups in total. The molecule has 186 valence electrons. The highest BCUT2D eigenvalue weighted by Crippen LogP contribution is 2.58. The summed E-state index contributed by atoms with van der Waals surface area (Å²) < 4.78 is 5.91. The van der Waals surface area contributed by atoms with Gasteiger partial charge in [0.15, 0.2) is 0 Å². The molecule has 2 aliphatic carbocycles. The van der Waals surface area contributed by atoms with E-state index in [1.807, 2.05) is 43.4 Å². The molecule has 5 heteroatoms. The largest absolute Gasteiger partial charge is 0.457 e. The van der Waals surface area contributed by atoms with Gasteiger partial charge in [0.05, 0.1) is 6.10 Å². The van der Waals surface area contributed by atoms with E-state index < -0.39 is 29.5 Å². The Balaban J connectivity index is 1.91. The van der Waals surface area contributed by atoms with Gasteiger partial charge < -0.3 is 15.2 Å². The van der Waals surface area contributed by atoms with Gasteiger partial charge in [-0.15, -0.1) is 0 Å². The van der Waals surface area contributed by atoms with Crippen LogP contribution in [0.2, 0.25) is 0 Å². The number of ether oxygens (including phenoxy) is 1. The van der Waals surface area contributed by atoms with Crippen molar-refractivity contribution in [2.45, 2.75) is 58.3 Å². The summed E-state index contributed by atoms with van der Waals surface area (Å²) in [4.78, 5) is 26.4. The summed E-state index contributed by atoms with van der Waals surface area (Å²) in [5.74, 6) is -1.28. The van der Waals surface area contributed by atoms with Crippen molar-refractivity contribution in [3.63, 3.8) is 0 Å². The van der Waals surface area contributed by atoms with E-state index in [2.05, 4.69) is 43.6 Å². The zero-order valence-corrected chi connectivity index (χ0v) is 20.9. The van der Waals surface area contributed by atoms with Gasteiger partial charge in [0, 0.05) is 24.8 Å². The van der Waals surface area contributed by atoms with Crippen molar-refractivity contribution in [2.75, 3.05) is 0 Å². The topological polar surface area (TPSA) is 75.6 Å². The molecule has 0 radical (unpaired) electrons. The van der Waals surface area contributed by atoms with Crippen LogP contribution in [-0.4, -0.2) is 35.2 Å². The molecule has 1 aliphatic heterocycles. The summed E-state index contributed by atoms with van der Waals surface area (Å²) in [7, 11) is 0. The van der Waals surface area contributed by atoms with Gasteiger partial charge in [-0.25, -0.2) is 0 Å². The highest BCUT2D eigenvalue weighted by atomic mass is 16.5. The van der Waals surface area contributed by atoms with Gasteiger partial charge in [0.2, 0.25) is 5.91 Å². The Labute approximate surface area is 208 Å². The molecule has 1 heterocycles. The summed E-state index contributed by atoms with van der Waals surface area (Å²) in [6.45, 7) is 14.0. The number of nitrogens with one attached hydrogen (secondary N) is 1. The Morgan fingerprint density at radius 2 is 1.91 bits per heavy atom. The van der Waals surface area contributed by atoms with Gasteiger partial charge in [0.1, 0.15) is 11.5 Å². The van der Waals surface area contributed by atoms with Crippen LogP contribution in [0.15, 0.2) is 78.9 Å². The Morgan fingerprint density at radius 3 is 2.60 bits per heavy atom. The predicted molar refractivity (Wildman–Crippen MR) is 137 cm³/mol. The summed E-state index contributed by atoms with van der Waals surface area (Å²) in [5.41, 5.74) is 1.57. The third-order valence-corrected chi connectivity index (χ3v) is 8.15. The van der Waals surface area contributed by atoms with Gasteiger partial charge in [-0.2, -0.15) is 0 Å². The molecule has 5 nitrogen and oxygen atoms in total. The third kappa shape index (κ3) is 4.54. The molecule has 35 heavy (non-hydrogen) atoms. The molecule has 0 aromatic heterocycles. The number of carbonyl (C=O) groups is 2. The average Bonchev–Trinajstić information content (AvgIpc) is 3.08. The smallest absolute Gasteiger partial charge is 0.303 e. The monoisotopic (exact) mass is 475 g/mol. The van der Waals surface area contributed by atoms with E-state index in [0.29, 0.717) is 17.9 Å². The van der Waals surface area contributed by atoms with Crippen LogP contribution >= 0.6 is 0 Å². The van der Waals surface area contributed by atoms with E-state index >= 15 is 0 Å². The van der Waals surface area contributed by atoms with Crippen molar-refractivity contribution in [1.82, 2.24) is 5.32 Å². The molecule has 8 atom stereocenters. The van der Waals surface area contributed by atoms with Crippen LogP contribution in [0.3, 0.4) is 0 Å². The number of amides is 1. The lowest BCUT2D eigenvalue weighted by atomic mass is 9.51. The Bertz CT molecular complexity index is 1060. The first-order valence-corrected chi connectivity index (χ1v) is 12.6. The molecule has 3 aliphatic rings. The highest BCUT2D eigenvalue weighted by molar-refractivity contribution is 5.89. The lowest BCUT2D eigenvalue weighted by Gasteiger charge is -2.52. The number of rotatable bonds is 3. The minimum atomic E-state index is -1.17. The van der Waals surface area contributed by atoms with Crippen molar-refractivity contribution in [3.05, 3.63) is 84.5 Å². The molecule has 2 fully saturated rings. The molecular formula is C30H37NO4. The van der Waals surface area contributed by atoms with Crippen molar-refractivity contribution in [2.24, 2.45) is 29.1 Å². The van der Waals surface area contributed by atoms with Crippen LogP contribution in [0.1, 0.15) is 39.2 Å². The van der Waals surface area contributed by atoms with E-state index in [-0.39, 0.29) is 23.8 Å². The van der Waals surface area contributed by atoms with Crippen LogP contribution in [0.5, 0.6) is 0 Å². The van der Waals surface area contributed by atoms with Crippen LogP contribution < -0.4 is 5.32 Å². The molecule has 1 aromatic rings. The Morgan fingerprint density at radius 1 is 1.20 bits per heavy atom. The summed E-state index contributed by atoms with van der Waals surface area (Å²) in [5, 5.41) is 14.7. The molecule has 4 rings (SSSR count). The van der Waals surface area contributed by atoms with E-state index in [4.69, 9.17) is 4.74 Å². The average molecular weight is 476 g/mol. The van der Waals surface area contributed by atoms with Gasteiger partial charge in [-0.3, -0.25) is 9.59 Å². The third-order valence-electron chi connectivity index (χ3n) is 8.15. The number of hydrogen-bond donors (Lipinski definition) is 2. The molecule has 1 saturated heterocycles. The minimum absolute atomic E-state index is 0.166. The Kier molecular flexibility index (Phi) is 7.18. The summed E-state index contributed by atoms with van der Waals surface area (Å²) >= 11 is 0. The van der Waals surface area contributed by atoms with E-state index in [1.54, 1.807) is 0 Å². The molecule has 1 saturated carbocycles. The van der Waals surface area contributed by atoms with Crippen LogP contribution in [0.25, 0.3) is 0 Å². The first-order valence-electron chi connectivity index (χ1n) is 12.6. The van der Waals surface area contributed by atoms with Crippen molar-refractivity contribution in [3.8, 4) is 0 Å². The molecule has 1 spiro atoms. The lowest BCUT2D eigenvalue weighted by molar-refractivity contribution is -0.166. The normalized spacial score (nSPS) is 38.1. The van der Waals surface area contributed by atoms with Crippen molar-refractivity contribution in [1.29, 1.82) is 0 Å². The number of benzene rings is 1. The molecule has 0 bridgehead atoms. The fraction of sp³-hybridized carbons (Fsp3) is 0.467. The second-order valence-corrected chi connectivity index (χ2v) is 10.6. The highest BCUT2D eigenvalue weighted by Gasteiger charge is 2.68. The fourth-order valence-electron chi connectivity index (χ4n) is 6.57. The lowest BCUT2D eigenvalue weighted by Crippen LogP contribution is -2.60. The SMILES string of the molecule is C=C1C=C[C@@H](OC(C)=O)[C@@]23C(=O)N[C@@H](Cc4ccccc4)[C@@H]2[C@H](C)C(=C)[C@@H](O)[C@@H]3/C=C/C[C@H](C)C1. The van der Waals surface area contributed by atoms with E-state index in [0.717, 1.165) is 24.0 Å². The fourth-order valence-corrected chi connectivity index (χ4v) is 6.57. The van der Waals surface area contributed by atoms with Gasteiger partial charge in [0.25, 0.3) is 0 Å². The maximum atomic E-state index is 14.1. The van der Waals surface area contributed by atoms with Crippen molar-refractivity contribution < 1.29 is 19.4 Å². The number of hydrogen-bond acceptors (Lipinski definition) is 4. The zero-order valence-electron chi connectivity index (χ0n) is 20.9. The second kappa shape index (κ2) is 9.98. The van der Waals surface area contributed by atoms with Crippen LogP contribution in [-0.2, 0) is 20.7 Å². The summed E-state index contributed by atoms with van der Waals surface area (Å²) in [6.07, 6.45) is 8.18. The number of allylic oxidation sites excluding steroid dienone is 3. The van der Waals surface area contributed by atoms with Gasteiger partial charge >= 0.3 is 5.97 Å². The first kappa shape index (κ1) is 25.2. The summed E-state index contributed by atoms with van der Waals surface area (Å²) in [6, 6.07) is 9.87. The number of aliphatic hydroxyl groups is 1. The molecule has 1 aromatic carbocycles. The Hall–Kier alpha value is -2.92. The van der Waals surface area contributed by atoms with Crippen molar-refractivity contribution >= 4 is 11.9 Å². The standard InChI is InChI=1S/C30H37NO4/c1-18-10-9-13-24-28(33)21(4)20(3)27-25(17-23-11-7-6-8-12-23)31-29(34)30(24,27)26(35-22(5)32)15-14-19(2)16-18/h6-9,11-15,18,20,24-28,33H,2,4,10,16-17H2,1,3,5H3,(H,31,34)/b13-9+,15-14?/t18-,20+,24-,25-,26+,27-,28+,30+/m0/s1. The van der Waals surface area contributed by atoms with E-state index in [1.165, 1.54) is 6.92 Å². The van der Waals surface area contributed by atoms with Gasteiger partial charge in [-0.1, -0.05) is 81.1 Å². The molecular weight excluding hydrogens is 438 g/mol. The van der Waals surface area contributed by atoms with E-state index in [9.17, 15) is 14.7 Å². The minimum Gasteiger partial charge on any atom is -0.457 e. The van der Waals surface area contributed by atoms with Gasteiger partial charge in [-0.05, 0) is 48.3 Å². The van der Waals surface area contributed by atoms with Crippen LogP contribution in [0, 0.1) is 29.1 Å². The number of carbonyl (C=O) groups excluding carboxylic acids is 2. The maximum Gasteiger partial charge on any atom is 0.303 e. The molecule has 0 unspecified atom stereocenters. The zero-order chi connectivity index (χ0) is 25.3. The van der Waals surface area contributed by atoms with Crippen LogP contribution in [0.4, 0.5) is 0 Å². The second-order valence-electron chi connectivity index (χ2n) is 10.6. The quantitative estimate of drug-likeness (QED) is 0.497. The maximum absolute atomic E-state index is 14.1. The molecule has 1 amide bonds. The number of aliphatic hydroxyl groups excluding tert-OH is 1. The predicted octanol–water partition coefficient (Wildman–Crippen LogP) is 4.54. The number of esters is 1.